The number of thioether (sulfide) groups is 1. The number of carbonyl (C=O) groups excluding carboxylic acids is 1. The number of anilines is 1. The average molecular weight is 468 g/mol. The van der Waals surface area contributed by atoms with Crippen LogP contribution in [-0.4, -0.2) is 27.3 Å². The van der Waals surface area contributed by atoms with Gasteiger partial charge < -0.3 is 10.4 Å². The van der Waals surface area contributed by atoms with Gasteiger partial charge in [0.15, 0.2) is 0 Å². The summed E-state index contributed by atoms with van der Waals surface area (Å²) >= 11 is 0.852. The molecule has 1 unspecified atom stereocenters. The third-order valence-electron chi connectivity index (χ3n) is 3.95. The number of carbonyl (C=O) groups is 1. The van der Waals surface area contributed by atoms with Crippen LogP contribution in [0.15, 0.2) is 47.4 Å². The van der Waals surface area contributed by atoms with E-state index in [0.717, 1.165) is 49.0 Å². The second-order valence-electron chi connectivity index (χ2n) is 6.53. The fourth-order valence-corrected chi connectivity index (χ4v) is 3.20. The van der Waals surface area contributed by atoms with Crippen LogP contribution in [0.1, 0.15) is 18.1 Å². The molecule has 0 aromatic heterocycles. The van der Waals surface area contributed by atoms with E-state index in [1.807, 2.05) is 0 Å². The van der Waals surface area contributed by atoms with Crippen molar-refractivity contribution in [2.45, 2.75) is 29.8 Å². The van der Waals surface area contributed by atoms with Crippen molar-refractivity contribution < 1.29 is 41.2 Å². The van der Waals surface area contributed by atoms with Crippen LogP contribution in [0.3, 0.4) is 0 Å². The molecule has 0 aliphatic rings. The Morgan fingerprint density at radius 2 is 1.65 bits per heavy atom. The van der Waals surface area contributed by atoms with E-state index in [2.05, 4.69) is 5.32 Å². The van der Waals surface area contributed by atoms with E-state index < -0.39 is 51.3 Å². The van der Waals surface area contributed by atoms with Crippen molar-refractivity contribution in [2.75, 3.05) is 11.1 Å². The lowest BCUT2D eigenvalue weighted by molar-refractivity contribution is -0.388. The molecule has 6 nitrogen and oxygen atoms in total. The highest BCUT2D eigenvalue weighted by Crippen LogP contribution is 2.38. The lowest BCUT2D eigenvalue weighted by Gasteiger charge is -2.22. The zero-order chi connectivity index (χ0) is 23.6. The minimum atomic E-state index is -5.05. The first kappa shape index (κ1) is 24.5. The average Bonchev–Trinajstić information content (AvgIpc) is 2.65. The summed E-state index contributed by atoms with van der Waals surface area (Å²) in [5, 5.41) is 23.1. The number of nitro benzene ring substituents is 1. The number of nitro groups is 1. The Bertz CT molecular complexity index is 974. The van der Waals surface area contributed by atoms with E-state index in [1.54, 1.807) is 0 Å². The number of aliphatic hydroxyl groups is 1. The Morgan fingerprint density at radius 3 is 2.13 bits per heavy atom. The summed E-state index contributed by atoms with van der Waals surface area (Å²) in [6, 6.07) is 5.77. The van der Waals surface area contributed by atoms with Gasteiger partial charge in [0, 0.05) is 22.4 Å². The summed E-state index contributed by atoms with van der Waals surface area (Å²) in [6.07, 6.45) is -9.57. The second-order valence-corrected chi connectivity index (χ2v) is 7.57. The first-order valence-corrected chi connectivity index (χ1v) is 9.29. The number of amides is 1. The molecule has 31 heavy (non-hydrogen) atoms. The third-order valence-corrected chi connectivity index (χ3v) is 5.26. The molecule has 0 spiro atoms. The molecule has 0 saturated carbocycles. The number of hydrogen-bond acceptors (Lipinski definition) is 5. The predicted octanol–water partition coefficient (Wildman–Crippen LogP) is 5.11. The highest BCUT2D eigenvalue weighted by atomic mass is 32.2. The summed E-state index contributed by atoms with van der Waals surface area (Å²) < 4.78 is 76.8. The number of benzene rings is 2. The molecule has 0 bridgehead atoms. The van der Waals surface area contributed by atoms with Crippen molar-refractivity contribution in [3.05, 3.63) is 63.7 Å². The normalized spacial score (nSPS) is 14.1. The summed E-state index contributed by atoms with van der Waals surface area (Å²) in [5.41, 5.74) is -6.19. The standard InChI is InChI=1S/C18H14F6N2O4S/c1-16(28,9-31-12-5-2-10(3-6-12)17(19,20)21)15(27)25-11-4-7-14(26(29)30)13(8-11)18(22,23)24/h2-8,28H,9H2,1H3,(H,25,27). The molecule has 0 aliphatic carbocycles. The van der Waals surface area contributed by atoms with Crippen molar-refractivity contribution >= 4 is 29.0 Å². The zero-order valence-corrected chi connectivity index (χ0v) is 16.4. The molecule has 13 heteroatoms. The van der Waals surface area contributed by atoms with Gasteiger partial charge in [0.05, 0.1) is 10.5 Å². The van der Waals surface area contributed by atoms with E-state index in [9.17, 15) is 46.4 Å². The van der Waals surface area contributed by atoms with Gasteiger partial charge in [0.2, 0.25) is 0 Å². The quantitative estimate of drug-likeness (QED) is 0.266. The first-order valence-electron chi connectivity index (χ1n) is 8.31. The molecule has 0 radical (unpaired) electrons. The molecule has 2 N–H and O–H groups in total. The number of nitrogens with one attached hydrogen (secondary N) is 1. The van der Waals surface area contributed by atoms with Crippen molar-refractivity contribution in [3.8, 4) is 0 Å². The number of alkyl halides is 6. The van der Waals surface area contributed by atoms with E-state index in [-0.39, 0.29) is 5.75 Å². The van der Waals surface area contributed by atoms with Gasteiger partial charge in [-0.3, -0.25) is 14.9 Å². The van der Waals surface area contributed by atoms with Crippen molar-refractivity contribution in [2.24, 2.45) is 0 Å². The van der Waals surface area contributed by atoms with E-state index >= 15 is 0 Å². The molecule has 168 valence electrons. The summed E-state index contributed by atoms with van der Waals surface area (Å²) in [7, 11) is 0. The van der Waals surface area contributed by atoms with Gasteiger partial charge in [-0.05, 0) is 43.3 Å². The van der Waals surface area contributed by atoms with Gasteiger partial charge in [-0.1, -0.05) is 0 Å². The molecule has 2 aromatic carbocycles. The molecule has 1 atom stereocenters. The van der Waals surface area contributed by atoms with Gasteiger partial charge in [0.25, 0.3) is 11.6 Å². The van der Waals surface area contributed by atoms with Gasteiger partial charge in [-0.15, -0.1) is 11.8 Å². The number of hydrogen-bond donors (Lipinski definition) is 2. The fraction of sp³-hybridized carbons (Fsp3) is 0.278. The molecule has 2 rings (SSSR count). The summed E-state index contributed by atoms with van der Waals surface area (Å²) in [6.45, 7) is 1.06. The Kier molecular flexibility index (Phi) is 6.90. The Balaban J connectivity index is 2.11. The predicted molar refractivity (Wildman–Crippen MR) is 99.5 cm³/mol. The van der Waals surface area contributed by atoms with Crippen LogP contribution in [0.2, 0.25) is 0 Å². The van der Waals surface area contributed by atoms with Crippen molar-refractivity contribution in [3.63, 3.8) is 0 Å². The molecular weight excluding hydrogens is 454 g/mol. The third kappa shape index (κ3) is 6.34. The van der Waals surface area contributed by atoms with Crippen LogP contribution in [0.5, 0.6) is 0 Å². The lowest BCUT2D eigenvalue weighted by Crippen LogP contribution is -2.42. The monoisotopic (exact) mass is 468 g/mol. The molecule has 0 aliphatic heterocycles. The molecule has 0 saturated heterocycles. The van der Waals surface area contributed by atoms with Crippen LogP contribution in [0.4, 0.5) is 37.7 Å². The van der Waals surface area contributed by atoms with Crippen LogP contribution in [0, 0.1) is 10.1 Å². The maximum Gasteiger partial charge on any atom is 0.423 e. The van der Waals surface area contributed by atoms with E-state index in [0.29, 0.717) is 17.0 Å². The highest BCUT2D eigenvalue weighted by molar-refractivity contribution is 7.99. The molecule has 1 amide bonds. The largest absolute Gasteiger partial charge is 0.423 e. The lowest BCUT2D eigenvalue weighted by atomic mass is 10.1. The van der Waals surface area contributed by atoms with Crippen molar-refractivity contribution in [1.82, 2.24) is 0 Å². The van der Waals surface area contributed by atoms with Crippen LogP contribution in [-0.2, 0) is 17.1 Å². The molecular formula is C18H14F6N2O4S. The van der Waals surface area contributed by atoms with Gasteiger partial charge >= 0.3 is 12.4 Å². The fourth-order valence-electron chi connectivity index (χ4n) is 2.30. The van der Waals surface area contributed by atoms with Crippen LogP contribution in [0.25, 0.3) is 0 Å². The van der Waals surface area contributed by atoms with Gasteiger partial charge in [-0.25, -0.2) is 0 Å². The maximum absolute atomic E-state index is 13.0. The van der Waals surface area contributed by atoms with Crippen molar-refractivity contribution in [1.29, 1.82) is 0 Å². The van der Waals surface area contributed by atoms with Gasteiger partial charge in [0.1, 0.15) is 11.2 Å². The molecule has 2 aromatic rings. The SMILES string of the molecule is CC(O)(CSc1ccc(C(F)(F)F)cc1)C(=O)Nc1ccc([N+](=O)[O-])c(C(F)(F)F)c1. The maximum atomic E-state index is 13.0. The summed E-state index contributed by atoms with van der Waals surface area (Å²) in [5.74, 6) is -1.43. The Labute approximate surface area is 175 Å². The smallest absolute Gasteiger partial charge is 0.379 e. The first-order chi connectivity index (χ1) is 14.1. The number of halogens is 6. The van der Waals surface area contributed by atoms with Gasteiger partial charge in [-0.2, -0.15) is 26.3 Å². The highest BCUT2D eigenvalue weighted by Gasteiger charge is 2.39. The molecule has 0 fully saturated rings. The number of nitrogens with zero attached hydrogens (tertiary/aromatic N) is 1. The Hall–Kier alpha value is -2.80. The minimum absolute atomic E-state index is 0.316. The molecule has 0 heterocycles. The number of rotatable bonds is 6. The Morgan fingerprint density at radius 1 is 1.06 bits per heavy atom. The topological polar surface area (TPSA) is 92.5 Å². The minimum Gasteiger partial charge on any atom is -0.379 e. The van der Waals surface area contributed by atoms with Crippen LogP contribution >= 0.6 is 11.8 Å². The van der Waals surface area contributed by atoms with E-state index in [1.165, 1.54) is 0 Å². The van der Waals surface area contributed by atoms with E-state index in [4.69, 9.17) is 0 Å². The van der Waals surface area contributed by atoms with Crippen LogP contribution < -0.4 is 5.32 Å². The zero-order valence-electron chi connectivity index (χ0n) is 15.5. The summed E-state index contributed by atoms with van der Waals surface area (Å²) in [4.78, 5) is 22.2. The second kappa shape index (κ2) is 8.75.